The van der Waals surface area contributed by atoms with E-state index < -0.39 is 0 Å². The van der Waals surface area contributed by atoms with E-state index in [0.29, 0.717) is 23.4 Å². The Labute approximate surface area is 116 Å². The van der Waals surface area contributed by atoms with E-state index in [1.165, 1.54) is 12.8 Å². The molecule has 100 valence electrons. The van der Waals surface area contributed by atoms with E-state index in [-0.39, 0.29) is 0 Å². The Kier molecular flexibility index (Phi) is 3.71. The fraction of sp³-hybridized carbons (Fsp3) is 0.357. The minimum Gasteiger partial charge on any atom is -0.484 e. The Morgan fingerprint density at radius 3 is 3.05 bits per heavy atom. The fourth-order valence-corrected chi connectivity index (χ4v) is 1.93. The first-order valence-electron chi connectivity index (χ1n) is 6.32. The lowest BCUT2D eigenvalue weighted by Crippen LogP contribution is -2.14. The van der Waals surface area contributed by atoms with Gasteiger partial charge in [0.2, 0.25) is 0 Å². The largest absolute Gasteiger partial charge is 0.484 e. The van der Waals surface area contributed by atoms with Gasteiger partial charge in [0.1, 0.15) is 18.1 Å². The molecule has 0 spiro atoms. The topological polar surface area (TPSA) is 47.3 Å². The summed E-state index contributed by atoms with van der Waals surface area (Å²) in [4.78, 5) is 3.96. The van der Waals surface area contributed by atoms with Crippen molar-refractivity contribution in [1.29, 1.82) is 0 Å². The predicted molar refractivity (Wildman–Crippen MR) is 72.1 cm³/mol. The van der Waals surface area contributed by atoms with Gasteiger partial charge >= 0.3 is 0 Å². The number of rotatable bonds is 6. The maximum Gasteiger partial charge on any atom is 0.146 e. The number of nitrogens with one attached hydrogen (secondary N) is 1. The number of furan rings is 1. The molecular weight excluding hydrogens is 264 g/mol. The van der Waals surface area contributed by atoms with Crippen molar-refractivity contribution in [3.8, 4) is 5.75 Å². The van der Waals surface area contributed by atoms with Crippen molar-refractivity contribution in [1.82, 2.24) is 10.3 Å². The third-order valence-electron chi connectivity index (χ3n) is 2.94. The first-order valence-corrected chi connectivity index (χ1v) is 6.70. The molecule has 2 aromatic rings. The summed E-state index contributed by atoms with van der Waals surface area (Å²) < 4.78 is 11.0. The van der Waals surface area contributed by atoms with Gasteiger partial charge in [-0.1, -0.05) is 11.6 Å². The van der Waals surface area contributed by atoms with Gasteiger partial charge in [-0.3, -0.25) is 4.98 Å². The Morgan fingerprint density at radius 2 is 2.26 bits per heavy atom. The van der Waals surface area contributed by atoms with E-state index in [0.717, 1.165) is 17.9 Å². The molecule has 0 atom stereocenters. The smallest absolute Gasteiger partial charge is 0.146 e. The number of hydrogen-bond donors (Lipinski definition) is 1. The number of nitrogens with zero attached hydrogens (tertiary/aromatic N) is 1. The molecule has 0 bridgehead atoms. The summed E-state index contributed by atoms with van der Waals surface area (Å²) in [7, 11) is 0. The molecule has 1 N–H and O–H groups in total. The highest BCUT2D eigenvalue weighted by Crippen LogP contribution is 2.20. The zero-order valence-corrected chi connectivity index (χ0v) is 11.2. The molecular formula is C14H15ClN2O2. The summed E-state index contributed by atoms with van der Waals surface area (Å²) in [6, 6.07) is 4.44. The Balaban J connectivity index is 1.51. The minimum absolute atomic E-state index is 0.380. The molecule has 0 amide bonds. The Hall–Kier alpha value is -1.52. The molecule has 1 aliphatic rings. The highest BCUT2D eigenvalue weighted by atomic mass is 35.5. The Bertz CT molecular complexity index is 552. The lowest BCUT2D eigenvalue weighted by Gasteiger charge is -2.03. The van der Waals surface area contributed by atoms with Crippen LogP contribution in [0.3, 0.4) is 0 Å². The van der Waals surface area contributed by atoms with Crippen molar-refractivity contribution in [2.24, 2.45) is 0 Å². The molecule has 0 radical (unpaired) electrons. The molecule has 0 unspecified atom stereocenters. The highest BCUT2D eigenvalue weighted by molar-refractivity contribution is 6.30. The van der Waals surface area contributed by atoms with Crippen LogP contribution in [0, 0.1) is 0 Å². The zero-order valence-electron chi connectivity index (χ0n) is 10.4. The average molecular weight is 279 g/mol. The first-order chi connectivity index (χ1) is 9.29. The van der Waals surface area contributed by atoms with Crippen molar-refractivity contribution in [3.63, 3.8) is 0 Å². The fourth-order valence-electron chi connectivity index (χ4n) is 1.77. The molecule has 3 rings (SSSR count). The summed E-state index contributed by atoms with van der Waals surface area (Å²) in [6.07, 6.45) is 7.54. The van der Waals surface area contributed by atoms with E-state index in [9.17, 15) is 0 Å². The monoisotopic (exact) mass is 278 g/mol. The lowest BCUT2D eigenvalue weighted by molar-refractivity contribution is 0.269. The van der Waals surface area contributed by atoms with Crippen molar-refractivity contribution in [3.05, 3.63) is 47.1 Å². The van der Waals surface area contributed by atoms with Gasteiger partial charge in [-0.25, -0.2) is 0 Å². The van der Waals surface area contributed by atoms with Crippen LogP contribution in [0.25, 0.3) is 0 Å². The number of ether oxygens (including phenoxy) is 1. The van der Waals surface area contributed by atoms with Gasteiger partial charge in [-0.05, 0) is 18.9 Å². The molecule has 1 aliphatic carbocycles. The lowest BCUT2D eigenvalue weighted by atomic mass is 10.3. The maximum atomic E-state index is 5.83. The van der Waals surface area contributed by atoms with Gasteiger partial charge in [0.05, 0.1) is 17.5 Å². The first kappa shape index (κ1) is 12.5. The van der Waals surface area contributed by atoms with Crippen LogP contribution in [-0.2, 0) is 13.2 Å². The number of pyridine rings is 1. The van der Waals surface area contributed by atoms with Gasteiger partial charge in [-0.15, -0.1) is 0 Å². The van der Waals surface area contributed by atoms with Crippen molar-refractivity contribution in [2.75, 3.05) is 0 Å². The number of aromatic nitrogens is 1. The highest BCUT2D eigenvalue weighted by Gasteiger charge is 2.20. The number of hydrogen-bond acceptors (Lipinski definition) is 4. The van der Waals surface area contributed by atoms with Gasteiger partial charge in [-0.2, -0.15) is 0 Å². The Morgan fingerprint density at radius 1 is 1.37 bits per heavy atom. The zero-order chi connectivity index (χ0) is 13.1. The van der Waals surface area contributed by atoms with E-state index >= 15 is 0 Å². The molecule has 5 heteroatoms. The predicted octanol–water partition coefficient (Wildman–Crippen LogP) is 3.16. The van der Waals surface area contributed by atoms with E-state index in [1.807, 2.05) is 6.07 Å². The second kappa shape index (κ2) is 5.63. The van der Waals surface area contributed by atoms with Crippen LogP contribution in [0.2, 0.25) is 5.02 Å². The van der Waals surface area contributed by atoms with Gasteiger partial charge in [0, 0.05) is 30.4 Å². The second-order valence-corrected chi connectivity index (χ2v) is 5.14. The average Bonchev–Trinajstić information content (AvgIpc) is 3.13. The van der Waals surface area contributed by atoms with Crippen LogP contribution in [-0.4, -0.2) is 11.0 Å². The standard InChI is InChI=1S/C14H15ClN2O2/c15-11-4-13(7-16-6-11)19-9-14-3-10(8-18-14)5-17-12-1-2-12/h3-4,6-8,12,17H,1-2,5,9H2. The quantitative estimate of drug-likeness (QED) is 0.882. The van der Waals surface area contributed by atoms with Crippen LogP contribution in [0.5, 0.6) is 5.75 Å². The second-order valence-electron chi connectivity index (χ2n) is 4.70. The summed E-state index contributed by atoms with van der Waals surface area (Å²) >= 11 is 5.83. The van der Waals surface area contributed by atoms with Crippen LogP contribution >= 0.6 is 11.6 Å². The molecule has 19 heavy (non-hydrogen) atoms. The van der Waals surface area contributed by atoms with E-state index in [4.69, 9.17) is 20.8 Å². The SMILES string of the molecule is Clc1cncc(OCc2cc(CNC3CC3)co2)c1. The summed E-state index contributed by atoms with van der Waals surface area (Å²) in [5.74, 6) is 1.44. The summed E-state index contributed by atoms with van der Waals surface area (Å²) in [6.45, 7) is 1.23. The maximum absolute atomic E-state index is 5.83. The van der Waals surface area contributed by atoms with Crippen molar-refractivity contribution >= 4 is 11.6 Å². The third-order valence-corrected chi connectivity index (χ3v) is 3.15. The molecule has 2 heterocycles. The van der Waals surface area contributed by atoms with Gasteiger partial charge in [0.15, 0.2) is 0 Å². The molecule has 2 aromatic heterocycles. The summed E-state index contributed by atoms with van der Waals surface area (Å²) in [5.41, 5.74) is 1.15. The third kappa shape index (κ3) is 3.72. The van der Waals surface area contributed by atoms with E-state index in [2.05, 4.69) is 10.3 Å². The molecule has 0 saturated heterocycles. The normalized spacial score (nSPS) is 14.6. The molecule has 0 aliphatic heterocycles. The molecule has 0 aromatic carbocycles. The summed E-state index contributed by atoms with van der Waals surface area (Å²) in [5, 5.41) is 4.00. The molecule has 1 saturated carbocycles. The van der Waals surface area contributed by atoms with Gasteiger partial charge < -0.3 is 14.5 Å². The molecule has 1 fully saturated rings. The van der Waals surface area contributed by atoms with Crippen molar-refractivity contribution in [2.45, 2.75) is 32.0 Å². The van der Waals surface area contributed by atoms with Crippen LogP contribution < -0.4 is 10.1 Å². The number of halogens is 1. The van der Waals surface area contributed by atoms with Crippen LogP contribution in [0.4, 0.5) is 0 Å². The van der Waals surface area contributed by atoms with Crippen LogP contribution in [0.15, 0.2) is 35.2 Å². The molecule has 4 nitrogen and oxygen atoms in total. The van der Waals surface area contributed by atoms with Gasteiger partial charge in [0.25, 0.3) is 0 Å². The van der Waals surface area contributed by atoms with Crippen molar-refractivity contribution < 1.29 is 9.15 Å². The van der Waals surface area contributed by atoms with Crippen LogP contribution in [0.1, 0.15) is 24.2 Å². The minimum atomic E-state index is 0.380. The van der Waals surface area contributed by atoms with E-state index in [1.54, 1.807) is 24.7 Å².